The van der Waals surface area contributed by atoms with Gasteiger partial charge in [-0.1, -0.05) is 87.1 Å². The second-order valence-electron chi connectivity index (χ2n) is 5.17. The molecule has 0 amide bonds. The maximum atomic E-state index is 3.49. The highest BCUT2D eigenvalue weighted by Crippen LogP contribution is 2.30. The summed E-state index contributed by atoms with van der Waals surface area (Å²) in [5, 5.41) is 1.60. The summed E-state index contributed by atoms with van der Waals surface area (Å²) in [6.07, 6.45) is 0. The highest BCUT2D eigenvalue weighted by Gasteiger charge is 2.31. The van der Waals surface area contributed by atoms with Crippen LogP contribution in [0.25, 0.3) is 0 Å². The second kappa shape index (κ2) is 7.14. The van der Waals surface area contributed by atoms with Crippen LogP contribution in [0, 0.1) is 6.07 Å². The summed E-state index contributed by atoms with van der Waals surface area (Å²) in [4.78, 5) is 2.65. The zero-order chi connectivity index (χ0) is 14.4. The van der Waals surface area contributed by atoms with E-state index < -0.39 is 8.07 Å². The van der Waals surface area contributed by atoms with Gasteiger partial charge in [-0.3, -0.25) is 0 Å². The van der Waals surface area contributed by atoms with E-state index in [-0.39, 0.29) is 0 Å². The number of hydrogen-bond acceptors (Lipinski definition) is 1. The normalized spacial score (nSPS) is 11.6. The third-order valence-corrected chi connectivity index (χ3v) is 11.2. The molecular weight excluding hydrogens is 276 g/mol. The van der Waals surface area contributed by atoms with Crippen molar-refractivity contribution in [3.8, 4) is 0 Å². The van der Waals surface area contributed by atoms with Crippen molar-refractivity contribution in [2.24, 2.45) is 0 Å². The maximum Gasteiger partial charge on any atom is 0.0874 e. The minimum Gasteiger partial charge on any atom is -0.0896 e. The summed E-state index contributed by atoms with van der Waals surface area (Å²) in [5.74, 6) is 0. The van der Waals surface area contributed by atoms with Gasteiger partial charge >= 0.3 is 0 Å². The first kappa shape index (κ1) is 15.4. The Morgan fingerprint density at radius 3 is 2.15 bits per heavy atom. The van der Waals surface area contributed by atoms with Crippen molar-refractivity contribution in [2.75, 3.05) is 0 Å². The van der Waals surface area contributed by atoms with E-state index in [1.54, 1.807) is 5.19 Å². The van der Waals surface area contributed by atoms with E-state index in [9.17, 15) is 0 Å². The van der Waals surface area contributed by atoms with Crippen molar-refractivity contribution in [3.63, 3.8) is 0 Å². The molecule has 0 fully saturated rings. The van der Waals surface area contributed by atoms with Crippen molar-refractivity contribution in [1.82, 2.24) is 0 Å². The van der Waals surface area contributed by atoms with Crippen LogP contribution in [0.5, 0.6) is 0 Å². The van der Waals surface area contributed by atoms with E-state index in [2.05, 4.69) is 75.4 Å². The van der Waals surface area contributed by atoms with Crippen LogP contribution < -0.4 is 5.19 Å². The molecule has 0 saturated carbocycles. The molecule has 2 aromatic carbocycles. The van der Waals surface area contributed by atoms with Crippen molar-refractivity contribution >= 4 is 25.0 Å². The van der Waals surface area contributed by atoms with Crippen LogP contribution in [0.15, 0.2) is 58.3 Å². The Labute approximate surface area is 128 Å². The predicted octanol–water partition coefficient (Wildman–Crippen LogP) is 5.35. The summed E-state index contributed by atoms with van der Waals surface area (Å²) in [5.41, 5.74) is 0. The SMILES string of the molecule is CC[Si](CC)(CC)c1ccc[c]c1Sc1ccccc1. The summed E-state index contributed by atoms with van der Waals surface area (Å²) < 4.78 is 0. The molecule has 0 bridgehead atoms. The molecule has 0 unspecified atom stereocenters. The molecule has 0 spiro atoms. The maximum absolute atomic E-state index is 3.49. The molecule has 0 heterocycles. The number of hydrogen-bond donors (Lipinski definition) is 0. The quantitative estimate of drug-likeness (QED) is 0.648. The fourth-order valence-electron chi connectivity index (χ4n) is 2.85. The topological polar surface area (TPSA) is 0 Å². The lowest BCUT2D eigenvalue weighted by molar-refractivity contribution is 1.18. The molecule has 105 valence electrons. The second-order valence-corrected chi connectivity index (χ2v) is 11.5. The first-order chi connectivity index (χ1) is 9.75. The van der Waals surface area contributed by atoms with Crippen LogP contribution in [0.2, 0.25) is 18.1 Å². The van der Waals surface area contributed by atoms with E-state index in [0.717, 1.165) is 0 Å². The minimum atomic E-state index is -1.34. The highest BCUT2D eigenvalue weighted by atomic mass is 32.2. The monoisotopic (exact) mass is 299 g/mol. The molecule has 0 aliphatic rings. The summed E-state index contributed by atoms with van der Waals surface area (Å²) >= 11 is 1.87. The fourth-order valence-corrected chi connectivity index (χ4v) is 8.13. The molecule has 0 saturated heterocycles. The predicted molar refractivity (Wildman–Crippen MR) is 92.7 cm³/mol. The highest BCUT2D eigenvalue weighted by molar-refractivity contribution is 7.99. The van der Waals surface area contributed by atoms with Crippen LogP contribution in [-0.4, -0.2) is 8.07 Å². The minimum absolute atomic E-state index is 1.31. The van der Waals surface area contributed by atoms with Gasteiger partial charge in [0.15, 0.2) is 0 Å². The van der Waals surface area contributed by atoms with Gasteiger partial charge in [-0.2, -0.15) is 0 Å². The largest absolute Gasteiger partial charge is 0.0896 e. The molecule has 0 N–H and O–H groups in total. The van der Waals surface area contributed by atoms with E-state index in [1.807, 2.05) is 11.8 Å². The van der Waals surface area contributed by atoms with Crippen LogP contribution >= 0.6 is 11.8 Å². The van der Waals surface area contributed by atoms with Gasteiger partial charge in [0.2, 0.25) is 0 Å². The molecule has 0 aliphatic carbocycles. The lowest BCUT2D eigenvalue weighted by atomic mass is 10.4. The molecule has 0 nitrogen and oxygen atoms in total. The Bertz CT molecular complexity index is 524. The summed E-state index contributed by atoms with van der Waals surface area (Å²) in [7, 11) is -1.34. The molecule has 1 radical (unpaired) electrons. The Balaban J connectivity index is 2.40. The van der Waals surface area contributed by atoms with Crippen molar-refractivity contribution in [2.45, 2.75) is 48.7 Å². The van der Waals surface area contributed by atoms with Gasteiger partial charge < -0.3 is 0 Å². The Kier molecular flexibility index (Phi) is 5.50. The van der Waals surface area contributed by atoms with Crippen LogP contribution in [0.1, 0.15) is 20.8 Å². The number of benzene rings is 2. The molecule has 0 aromatic heterocycles. The Hall–Kier alpha value is -0.993. The zero-order valence-corrected chi connectivity index (χ0v) is 14.5. The van der Waals surface area contributed by atoms with Crippen molar-refractivity contribution < 1.29 is 0 Å². The van der Waals surface area contributed by atoms with Gasteiger partial charge in [-0.05, 0) is 23.4 Å². The van der Waals surface area contributed by atoms with Gasteiger partial charge in [0.05, 0.1) is 8.07 Å². The lowest BCUT2D eigenvalue weighted by Crippen LogP contribution is -2.46. The average Bonchev–Trinajstić information content (AvgIpc) is 2.52. The van der Waals surface area contributed by atoms with Crippen molar-refractivity contribution in [3.05, 3.63) is 54.6 Å². The standard InChI is InChI=1S/C18H23SSi/c1-4-20(5-2,6-3)18-15-11-10-14-17(18)19-16-12-8-7-9-13-16/h7-13,15H,4-6H2,1-3H3. The van der Waals surface area contributed by atoms with Gasteiger partial charge in [0.1, 0.15) is 0 Å². The summed E-state index contributed by atoms with van der Waals surface area (Å²) in [6, 6.07) is 24.7. The first-order valence-electron chi connectivity index (χ1n) is 7.49. The van der Waals surface area contributed by atoms with Crippen LogP contribution in [0.3, 0.4) is 0 Å². The van der Waals surface area contributed by atoms with Gasteiger partial charge in [0, 0.05) is 9.79 Å². The van der Waals surface area contributed by atoms with E-state index in [4.69, 9.17) is 0 Å². The third-order valence-electron chi connectivity index (χ3n) is 4.38. The van der Waals surface area contributed by atoms with Gasteiger partial charge in [0.25, 0.3) is 0 Å². The first-order valence-corrected chi connectivity index (χ1v) is 10.9. The molecule has 2 rings (SSSR count). The molecule has 0 atom stereocenters. The molecule has 2 aromatic rings. The van der Waals surface area contributed by atoms with Crippen LogP contribution in [-0.2, 0) is 0 Å². The molecule has 20 heavy (non-hydrogen) atoms. The molecule has 0 aliphatic heterocycles. The van der Waals surface area contributed by atoms with Gasteiger partial charge in [-0.15, -0.1) is 0 Å². The molecule has 2 heteroatoms. The van der Waals surface area contributed by atoms with E-state index in [1.165, 1.54) is 27.9 Å². The van der Waals surface area contributed by atoms with E-state index in [0.29, 0.717) is 0 Å². The molecular formula is C18H23SSi. The summed E-state index contributed by atoms with van der Waals surface area (Å²) in [6.45, 7) is 7.09. The Morgan fingerprint density at radius 2 is 1.55 bits per heavy atom. The lowest BCUT2D eigenvalue weighted by Gasteiger charge is -2.30. The fraction of sp³-hybridized carbons (Fsp3) is 0.333. The van der Waals surface area contributed by atoms with E-state index >= 15 is 0 Å². The van der Waals surface area contributed by atoms with Crippen molar-refractivity contribution in [1.29, 1.82) is 0 Å². The zero-order valence-electron chi connectivity index (χ0n) is 12.6. The third kappa shape index (κ3) is 3.18. The van der Waals surface area contributed by atoms with Gasteiger partial charge in [-0.25, -0.2) is 0 Å². The van der Waals surface area contributed by atoms with Crippen LogP contribution in [0.4, 0.5) is 0 Å². The number of rotatable bonds is 6. The smallest absolute Gasteiger partial charge is 0.0874 e. The average molecular weight is 300 g/mol. The Morgan fingerprint density at radius 1 is 0.900 bits per heavy atom.